The third kappa shape index (κ3) is 9.40. The van der Waals surface area contributed by atoms with E-state index in [2.05, 4.69) is 20.9 Å². The fourth-order valence-electron chi connectivity index (χ4n) is 4.20. The molecule has 3 amide bonds. The predicted octanol–water partition coefficient (Wildman–Crippen LogP) is 1.14. The monoisotopic (exact) mass is 545 g/mol. The van der Waals surface area contributed by atoms with Gasteiger partial charge >= 0.3 is 11.9 Å². The highest BCUT2D eigenvalue weighted by molar-refractivity contribution is 5.95. The van der Waals surface area contributed by atoms with Crippen molar-refractivity contribution >= 4 is 40.6 Å². The Morgan fingerprint density at radius 3 is 2.10 bits per heavy atom. The van der Waals surface area contributed by atoms with Crippen LogP contribution in [0.2, 0.25) is 0 Å². The van der Waals surface area contributed by atoms with Gasteiger partial charge in [-0.2, -0.15) is 0 Å². The lowest BCUT2D eigenvalue weighted by atomic mass is 10.0. The molecule has 0 spiro atoms. The molecule has 8 N–H and O–H groups in total. The van der Waals surface area contributed by atoms with Crippen LogP contribution in [-0.4, -0.2) is 69.0 Å². The number of H-pyrrole nitrogens is 1. The van der Waals surface area contributed by atoms with Crippen LogP contribution in [0.25, 0.3) is 10.9 Å². The number of amides is 3. The molecule has 4 unspecified atom stereocenters. The van der Waals surface area contributed by atoms with E-state index >= 15 is 0 Å². The number of aliphatic carboxylic acids is 2. The molecule has 0 aliphatic rings. The van der Waals surface area contributed by atoms with Gasteiger partial charge in [0.2, 0.25) is 17.7 Å². The Balaban J connectivity index is 2.32. The van der Waals surface area contributed by atoms with E-state index in [9.17, 15) is 29.1 Å². The largest absolute Gasteiger partial charge is 0.481 e. The molecule has 0 bridgehead atoms. The van der Waals surface area contributed by atoms with E-state index in [1.54, 1.807) is 20.0 Å². The predicted molar refractivity (Wildman–Crippen MR) is 145 cm³/mol. The number of rotatable bonds is 15. The lowest BCUT2D eigenvalue weighted by molar-refractivity contribution is -0.144. The van der Waals surface area contributed by atoms with E-state index in [4.69, 9.17) is 10.8 Å². The van der Waals surface area contributed by atoms with Gasteiger partial charge in [-0.05, 0) is 36.3 Å². The third-order valence-electron chi connectivity index (χ3n) is 6.30. The summed E-state index contributed by atoms with van der Waals surface area (Å²) in [4.78, 5) is 65.2. The second kappa shape index (κ2) is 14.3. The summed E-state index contributed by atoms with van der Waals surface area (Å²) in [6.07, 6.45) is 1.45. The Morgan fingerprint density at radius 1 is 0.897 bits per heavy atom. The van der Waals surface area contributed by atoms with Gasteiger partial charge < -0.3 is 36.9 Å². The Kier molecular flexibility index (Phi) is 11.5. The first-order chi connectivity index (χ1) is 18.3. The summed E-state index contributed by atoms with van der Waals surface area (Å²) in [5, 5.41) is 27.0. The lowest BCUT2D eigenvalue weighted by Gasteiger charge is -2.26. The first kappa shape index (κ1) is 31.3. The number of carboxylic acid groups (broad SMARTS) is 2. The topological polar surface area (TPSA) is 204 Å². The molecule has 0 saturated heterocycles. The van der Waals surface area contributed by atoms with Crippen molar-refractivity contribution in [2.45, 2.75) is 77.5 Å². The number of nitrogens with two attached hydrogens (primary N) is 1. The molecular weight excluding hydrogens is 506 g/mol. The zero-order valence-corrected chi connectivity index (χ0v) is 22.7. The highest BCUT2D eigenvalue weighted by Crippen LogP contribution is 2.19. The summed E-state index contributed by atoms with van der Waals surface area (Å²) in [6, 6.07) is 2.83. The molecule has 1 aromatic heterocycles. The van der Waals surface area contributed by atoms with Gasteiger partial charge in [0.25, 0.3) is 0 Å². The average Bonchev–Trinajstić information content (AvgIpc) is 3.26. The van der Waals surface area contributed by atoms with Gasteiger partial charge in [0.15, 0.2) is 0 Å². The van der Waals surface area contributed by atoms with Gasteiger partial charge in [-0.15, -0.1) is 0 Å². The number of aromatic nitrogens is 1. The van der Waals surface area contributed by atoms with Crippen molar-refractivity contribution in [1.82, 2.24) is 20.9 Å². The fourth-order valence-corrected chi connectivity index (χ4v) is 4.20. The van der Waals surface area contributed by atoms with Crippen molar-refractivity contribution in [2.24, 2.45) is 17.6 Å². The lowest BCUT2D eigenvalue weighted by Crippen LogP contribution is -2.58. The molecule has 1 heterocycles. The summed E-state index contributed by atoms with van der Waals surface area (Å²) in [5.74, 6) is -4.88. The zero-order valence-electron chi connectivity index (χ0n) is 22.7. The molecule has 0 radical (unpaired) electrons. The smallest absolute Gasteiger partial charge is 0.326 e. The van der Waals surface area contributed by atoms with E-state index in [1.807, 2.05) is 38.1 Å². The number of carboxylic acids is 2. The van der Waals surface area contributed by atoms with Gasteiger partial charge in [-0.25, -0.2) is 4.79 Å². The van der Waals surface area contributed by atoms with Crippen LogP contribution in [0.4, 0.5) is 0 Å². The average molecular weight is 546 g/mol. The second-order valence-electron chi connectivity index (χ2n) is 10.4. The summed E-state index contributed by atoms with van der Waals surface area (Å²) in [7, 11) is 0. The maximum Gasteiger partial charge on any atom is 0.326 e. The van der Waals surface area contributed by atoms with Crippen LogP contribution in [0.5, 0.6) is 0 Å². The molecule has 4 atom stereocenters. The highest BCUT2D eigenvalue weighted by Gasteiger charge is 2.32. The van der Waals surface area contributed by atoms with Crippen molar-refractivity contribution in [1.29, 1.82) is 0 Å². The minimum Gasteiger partial charge on any atom is -0.481 e. The molecular formula is C27H39N5O7. The van der Waals surface area contributed by atoms with Gasteiger partial charge in [0.05, 0.1) is 6.04 Å². The van der Waals surface area contributed by atoms with Gasteiger partial charge in [0, 0.05) is 29.9 Å². The van der Waals surface area contributed by atoms with Crippen molar-refractivity contribution in [3.8, 4) is 0 Å². The standard InChI is InChI=1S/C27H39N5O7/c1-14(2)11-18(28)24(35)31-21(12-16-13-29-19-8-6-5-7-17(16)19)26(37)30-20(9-10-22(33)34)25(36)32-23(15(3)4)27(38)39/h5-8,13-15,18,20-21,23,29H,9-12,28H2,1-4H3,(H,30,37)(H,31,35)(H,32,36)(H,33,34)(H,38,39). The molecule has 0 fully saturated rings. The zero-order chi connectivity index (χ0) is 29.3. The van der Waals surface area contributed by atoms with Gasteiger partial charge in [-0.3, -0.25) is 19.2 Å². The summed E-state index contributed by atoms with van der Waals surface area (Å²) in [5.41, 5.74) is 7.61. The van der Waals surface area contributed by atoms with E-state index < -0.39 is 66.2 Å². The number of benzene rings is 1. The minimum absolute atomic E-state index is 0.0625. The molecule has 2 aromatic rings. The molecule has 0 aliphatic heterocycles. The molecule has 0 saturated carbocycles. The Labute approximate surface area is 227 Å². The number of carbonyl (C=O) groups is 5. The van der Waals surface area contributed by atoms with Gasteiger partial charge in [-0.1, -0.05) is 45.9 Å². The minimum atomic E-state index is -1.35. The molecule has 0 aliphatic carbocycles. The Morgan fingerprint density at radius 2 is 1.51 bits per heavy atom. The number of hydrogen-bond acceptors (Lipinski definition) is 6. The van der Waals surface area contributed by atoms with E-state index in [0.29, 0.717) is 6.42 Å². The molecule has 2 rings (SSSR count). The fraction of sp³-hybridized carbons (Fsp3) is 0.519. The Bertz CT molecular complexity index is 1180. The quantitative estimate of drug-likeness (QED) is 0.172. The normalized spacial score (nSPS) is 14.4. The van der Waals surface area contributed by atoms with Crippen LogP contribution < -0.4 is 21.7 Å². The number of aromatic amines is 1. The van der Waals surface area contributed by atoms with E-state index in [-0.39, 0.29) is 18.8 Å². The highest BCUT2D eigenvalue weighted by atomic mass is 16.4. The van der Waals surface area contributed by atoms with Crippen molar-refractivity contribution in [3.63, 3.8) is 0 Å². The second-order valence-corrected chi connectivity index (χ2v) is 10.4. The van der Waals surface area contributed by atoms with Crippen LogP contribution in [-0.2, 0) is 30.4 Å². The molecule has 39 heavy (non-hydrogen) atoms. The van der Waals surface area contributed by atoms with Gasteiger partial charge in [0.1, 0.15) is 18.1 Å². The Hall–Kier alpha value is -3.93. The number of fused-ring (bicyclic) bond motifs is 1. The SMILES string of the molecule is CC(C)CC(N)C(=O)NC(Cc1c[nH]c2ccccc12)C(=O)NC(CCC(=O)O)C(=O)NC(C(=O)O)C(C)C. The first-order valence-electron chi connectivity index (χ1n) is 13.0. The number of para-hydroxylation sites is 1. The van der Waals surface area contributed by atoms with Crippen LogP contribution in [0.15, 0.2) is 30.5 Å². The van der Waals surface area contributed by atoms with Crippen LogP contribution >= 0.6 is 0 Å². The van der Waals surface area contributed by atoms with Crippen molar-refractivity contribution < 1.29 is 34.2 Å². The molecule has 214 valence electrons. The number of nitrogens with one attached hydrogen (secondary N) is 4. The third-order valence-corrected chi connectivity index (χ3v) is 6.30. The molecule has 12 heteroatoms. The van der Waals surface area contributed by atoms with Crippen LogP contribution in [0.1, 0.15) is 52.5 Å². The maximum atomic E-state index is 13.5. The van der Waals surface area contributed by atoms with Crippen molar-refractivity contribution in [2.75, 3.05) is 0 Å². The van der Waals surface area contributed by atoms with E-state index in [0.717, 1.165) is 16.5 Å². The van der Waals surface area contributed by atoms with Crippen LogP contribution in [0.3, 0.4) is 0 Å². The van der Waals surface area contributed by atoms with E-state index in [1.165, 1.54) is 0 Å². The first-order valence-corrected chi connectivity index (χ1v) is 13.0. The molecule has 12 nitrogen and oxygen atoms in total. The summed E-state index contributed by atoms with van der Waals surface area (Å²) in [6.45, 7) is 7.04. The maximum absolute atomic E-state index is 13.5. The number of hydrogen-bond donors (Lipinski definition) is 7. The summed E-state index contributed by atoms with van der Waals surface area (Å²) < 4.78 is 0. The summed E-state index contributed by atoms with van der Waals surface area (Å²) >= 11 is 0. The van der Waals surface area contributed by atoms with Crippen molar-refractivity contribution in [3.05, 3.63) is 36.0 Å². The number of carbonyl (C=O) groups excluding carboxylic acids is 3. The molecule has 1 aromatic carbocycles. The van der Waals surface area contributed by atoms with Crippen LogP contribution in [0, 0.1) is 11.8 Å².